The van der Waals surface area contributed by atoms with Crippen molar-refractivity contribution in [3.63, 3.8) is 0 Å². The fraction of sp³-hybridized carbons (Fsp3) is 0.294. The minimum atomic E-state index is -1.07. The largest absolute Gasteiger partial charge is 0.478 e. The molecule has 0 aromatic heterocycles. The van der Waals surface area contributed by atoms with Gasteiger partial charge in [-0.25, -0.2) is 9.59 Å². The zero-order valence-corrected chi connectivity index (χ0v) is 12.4. The van der Waals surface area contributed by atoms with Crippen LogP contribution in [0.25, 0.3) is 5.57 Å². The summed E-state index contributed by atoms with van der Waals surface area (Å²) in [6.45, 7) is 7.06. The van der Waals surface area contributed by atoms with Crippen molar-refractivity contribution in [1.29, 1.82) is 0 Å². The summed E-state index contributed by atoms with van der Waals surface area (Å²) in [5.41, 5.74) is 1.70. The number of ether oxygens (including phenoxy) is 1. The highest BCUT2D eigenvalue weighted by atomic mass is 16.5. The van der Waals surface area contributed by atoms with Crippen LogP contribution in [0.4, 0.5) is 0 Å². The van der Waals surface area contributed by atoms with E-state index in [0.29, 0.717) is 5.56 Å². The molecule has 1 aromatic carbocycles. The number of carboxylic acid groups (broad SMARTS) is 1. The van der Waals surface area contributed by atoms with Crippen molar-refractivity contribution in [2.24, 2.45) is 0 Å². The number of carboxylic acids is 1. The van der Waals surface area contributed by atoms with Gasteiger partial charge in [0.05, 0.1) is 17.4 Å². The smallest absolute Gasteiger partial charge is 0.343 e. The molecule has 4 heteroatoms. The number of carbonyl (C=O) groups is 2. The predicted molar refractivity (Wildman–Crippen MR) is 82.0 cm³/mol. The van der Waals surface area contributed by atoms with Gasteiger partial charge in [0.2, 0.25) is 0 Å². The Hall–Kier alpha value is -2.36. The van der Waals surface area contributed by atoms with Gasteiger partial charge in [0.15, 0.2) is 0 Å². The number of aliphatic carboxylic acids is 1. The van der Waals surface area contributed by atoms with Crippen LogP contribution in [0.2, 0.25) is 0 Å². The molecular formula is C17H20O4. The summed E-state index contributed by atoms with van der Waals surface area (Å²) in [6, 6.07) is 5.19. The van der Waals surface area contributed by atoms with E-state index < -0.39 is 11.9 Å². The van der Waals surface area contributed by atoms with E-state index in [1.807, 2.05) is 6.07 Å². The van der Waals surface area contributed by atoms with Crippen molar-refractivity contribution in [2.45, 2.75) is 33.1 Å². The van der Waals surface area contributed by atoms with Crippen molar-refractivity contribution >= 4 is 17.5 Å². The summed E-state index contributed by atoms with van der Waals surface area (Å²) in [6.07, 6.45) is 5.41. The van der Waals surface area contributed by atoms with Gasteiger partial charge in [-0.3, -0.25) is 0 Å². The Morgan fingerprint density at radius 3 is 2.57 bits per heavy atom. The van der Waals surface area contributed by atoms with Crippen LogP contribution in [0, 0.1) is 0 Å². The monoisotopic (exact) mass is 288 g/mol. The van der Waals surface area contributed by atoms with Gasteiger partial charge >= 0.3 is 11.9 Å². The topological polar surface area (TPSA) is 63.6 Å². The molecule has 0 aliphatic rings. The second-order valence-corrected chi connectivity index (χ2v) is 4.56. The third kappa shape index (κ3) is 4.31. The third-order valence-electron chi connectivity index (χ3n) is 3.12. The van der Waals surface area contributed by atoms with Crippen molar-refractivity contribution in [3.05, 3.63) is 53.8 Å². The lowest BCUT2D eigenvalue weighted by Crippen LogP contribution is -2.09. The molecular weight excluding hydrogens is 268 g/mol. The maximum Gasteiger partial charge on any atom is 0.343 e. The van der Waals surface area contributed by atoms with Crippen molar-refractivity contribution in [3.8, 4) is 0 Å². The molecule has 0 amide bonds. The average Bonchev–Trinajstić information content (AvgIpc) is 2.46. The number of aryl methyl sites for hydroxylation is 1. The maximum atomic E-state index is 11.9. The fourth-order valence-electron chi connectivity index (χ4n) is 2.06. The first-order chi connectivity index (χ1) is 10.0. The Labute approximate surface area is 124 Å². The molecule has 1 rings (SSSR count). The number of unbranched alkanes of at least 4 members (excludes halogenated alkanes) is 1. The molecule has 0 atom stereocenters. The molecule has 0 fully saturated rings. The summed E-state index contributed by atoms with van der Waals surface area (Å²) in [5, 5.41) is 9.29. The summed E-state index contributed by atoms with van der Waals surface area (Å²) in [4.78, 5) is 23.3. The number of rotatable bonds is 7. The van der Waals surface area contributed by atoms with E-state index in [1.165, 1.54) is 6.08 Å². The highest BCUT2D eigenvalue weighted by Crippen LogP contribution is 2.23. The lowest BCUT2D eigenvalue weighted by Gasteiger charge is -2.11. The minimum absolute atomic E-state index is 0.0874. The normalized spacial score (nSPS) is 11.0. The van der Waals surface area contributed by atoms with Crippen LogP contribution >= 0.6 is 0 Å². The molecule has 0 saturated carbocycles. The molecule has 1 aromatic rings. The average molecular weight is 288 g/mol. The molecule has 1 N–H and O–H groups in total. The number of hydrogen-bond donors (Lipinski definition) is 1. The van der Waals surface area contributed by atoms with Crippen LogP contribution in [0.1, 0.15) is 48.2 Å². The molecule has 21 heavy (non-hydrogen) atoms. The standard InChI is InChI=1S/C17H20O4/c1-4-7-8-12-9-10-14(17(20)21-6-3)15(11-12)13(5-2)16(18)19/h5-6,9-11H,3-4,7-8H2,1-2H3,(H,18,19)/b13-5+. The van der Waals surface area contributed by atoms with E-state index in [-0.39, 0.29) is 11.1 Å². The molecule has 4 nitrogen and oxygen atoms in total. The lowest BCUT2D eigenvalue weighted by molar-refractivity contribution is -0.130. The number of hydrogen-bond acceptors (Lipinski definition) is 3. The van der Waals surface area contributed by atoms with Gasteiger partial charge in [0.25, 0.3) is 0 Å². The molecule has 0 aliphatic carbocycles. The van der Waals surface area contributed by atoms with Crippen LogP contribution in [0.5, 0.6) is 0 Å². The van der Waals surface area contributed by atoms with Crippen LogP contribution < -0.4 is 0 Å². The van der Waals surface area contributed by atoms with E-state index in [2.05, 4.69) is 13.5 Å². The molecule has 112 valence electrons. The van der Waals surface area contributed by atoms with Crippen molar-refractivity contribution < 1.29 is 19.4 Å². The van der Waals surface area contributed by atoms with Crippen molar-refractivity contribution in [2.75, 3.05) is 0 Å². The number of allylic oxidation sites excluding steroid dienone is 1. The predicted octanol–water partition coefficient (Wildman–Crippen LogP) is 3.82. The van der Waals surface area contributed by atoms with Crippen molar-refractivity contribution in [1.82, 2.24) is 0 Å². The highest BCUT2D eigenvalue weighted by molar-refractivity contribution is 6.18. The van der Waals surface area contributed by atoms with Gasteiger partial charge in [-0.15, -0.1) is 0 Å². The molecule has 0 aliphatic heterocycles. The Bertz CT molecular complexity index is 570. The minimum Gasteiger partial charge on any atom is -0.478 e. The highest BCUT2D eigenvalue weighted by Gasteiger charge is 2.19. The molecule has 0 saturated heterocycles. The molecule has 0 spiro atoms. The van der Waals surface area contributed by atoms with Crippen LogP contribution in [-0.4, -0.2) is 17.0 Å². The molecule has 0 radical (unpaired) electrons. The second-order valence-electron chi connectivity index (χ2n) is 4.56. The van der Waals surface area contributed by atoms with E-state index in [9.17, 15) is 14.7 Å². The molecule has 0 unspecified atom stereocenters. The first-order valence-corrected chi connectivity index (χ1v) is 6.89. The SMILES string of the molecule is C=COC(=O)c1ccc(CCCC)cc1/C(=C\C)C(=O)O. The van der Waals surface area contributed by atoms with Crippen LogP contribution in [0.15, 0.2) is 37.1 Å². The van der Waals surface area contributed by atoms with Gasteiger partial charge in [-0.05, 0) is 31.4 Å². The quantitative estimate of drug-likeness (QED) is 0.470. The lowest BCUT2D eigenvalue weighted by atomic mass is 9.95. The van der Waals surface area contributed by atoms with Gasteiger partial charge < -0.3 is 9.84 Å². The fourth-order valence-corrected chi connectivity index (χ4v) is 2.06. The van der Waals surface area contributed by atoms with Gasteiger partial charge in [-0.1, -0.05) is 38.1 Å². The first-order valence-electron chi connectivity index (χ1n) is 6.89. The van der Waals surface area contributed by atoms with Gasteiger partial charge in [0.1, 0.15) is 0 Å². The Morgan fingerprint density at radius 2 is 2.05 bits per heavy atom. The number of benzene rings is 1. The number of carbonyl (C=O) groups excluding carboxylic acids is 1. The van der Waals surface area contributed by atoms with Gasteiger partial charge in [0, 0.05) is 5.56 Å². The Morgan fingerprint density at radius 1 is 1.33 bits per heavy atom. The summed E-state index contributed by atoms with van der Waals surface area (Å²) in [7, 11) is 0. The zero-order valence-electron chi connectivity index (χ0n) is 12.4. The Kier molecular flexibility index (Phi) is 6.40. The molecule has 0 bridgehead atoms. The zero-order chi connectivity index (χ0) is 15.8. The maximum absolute atomic E-state index is 11.9. The molecule has 0 heterocycles. The van der Waals surface area contributed by atoms with E-state index in [0.717, 1.165) is 31.1 Å². The van der Waals surface area contributed by atoms with E-state index >= 15 is 0 Å². The van der Waals surface area contributed by atoms with Crippen LogP contribution in [0.3, 0.4) is 0 Å². The number of esters is 1. The first kappa shape index (κ1) is 16.7. The van der Waals surface area contributed by atoms with Gasteiger partial charge in [-0.2, -0.15) is 0 Å². The van der Waals surface area contributed by atoms with Crippen LogP contribution in [-0.2, 0) is 16.0 Å². The summed E-state index contributed by atoms with van der Waals surface area (Å²) >= 11 is 0. The van der Waals surface area contributed by atoms with E-state index in [4.69, 9.17) is 4.74 Å². The summed E-state index contributed by atoms with van der Waals surface area (Å²) in [5.74, 6) is -1.68. The summed E-state index contributed by atoms with van der Waals surface area (Å²) < 4.78 is 4.77. The Balaban J connectivity index is 3.33. The van der Waals surface area contributed by atoms with E-state index in [1.54, 1.807) is 19.1 Å². The second kappa shape index (κ2) is 8.04. The third-order valence-corrected chi connectivity index (χ3v) is 3.12.